The second-order valence-corrected chi connectivity index (χ2v) is 12.7. The van der Waals surface area contributed by atoms with Gasteiger partial charge in [0.2, 0.25) is 0 Å². The number of hydrogen-bond acceptors (Lipinski definition) is 2. The summed E-state index contributed by atoms with van der Waals surface area (Å²) >= 11 is 3.86. The zero-order valence-electron chi connectivity index (χ0n) is 21.5. The molecule has 9 aromatic rings. The molecular formula is C38H22S2. The molecule has 0 aliphatic heterocycles. The zero-order valence-corrected chi connectivity index (χ0v) is 23.2. The van der Waals surface area contributed by atoms with Gasteiger partial charge in [-0.05, 0) is 68.1 Å². The van der Waals surface area contributed by atoms with Crippen molar-refractivity contribution in [2.45, 2.75) is 0 Å². The van der Waals surface area contributed by atoms with Crippen molar-refractivity contribution in [1.82, 2.24) is 0 Å². The molecule has 0 nitrogen and oxygen atoms in total. The first-order valence-corrected chi connectivity index (χ1v) is 15.2. The Balaban J connectivity index is 1.19. The van der Waals surface area contributed by atoms with Gasteiger partial charge in [-0.25, -0.2) is 0 Å². The third kappa shape index (κ3) is 3.37. The van der Waals surface area contributed by atoms with Gasteiger partial charge in [-0.1, -0.05) is 109 Å². The topological polar surface area (TPSA) is 0 Å². The number of rotatable bonds is 2. The minimum Gasteiger partial charge on any atom is -0.134 e. The third-order valence-corrected chi connectivity index (χ3v) is 10.7. The molecule has 7 aromatic carbocycles. The Bertz CT molecular complexity index is 2260. The summed E-state index contributed by atoms with van der Waals surface area (Å²) in [4.78, 5) is 0. The molecule has 0 aliphatic carbocycles. The van der Waals surface area contributed by atoms with E-state index in [-0.39, 0.29) is 0 Å². The molecule has 0 aliphatic rings. The SMILES string of the molecule is c1ccc2cc(-c3ccc4c(c3)sc3c4ccc4c5ccc(-c6ccc7ccccc7c6)cc5sc43)ccc2c1. The highest BCUT2D eigenvalue weighted by molar-refractivity contribution is 7.33. The highest BCUT2D eigenvalue weighted by Gasteiger charge is 2.14. The van der Waals surface area contributed by atoms with E-state index >= 15 is 0 Å². The van der Waals surface area contributed by atoms with E-state index in [1.165, 1.54) is 84.1 Å². The normalized spacial score (nSPS) is 12.0. The smallest absolute Gasteiger partial charge is 0.0534 e. The van der Waals surface area contributed by atoms with E-state index in [0.29, 0.717) is 0 Å². The van der Waals surface area contributed by atoms with E-state index in [1.54, 1.807) is 0 Å². The predicted molar refractivity (Wildman–Crippen MR) is 178 cm³/mol. The monoisotopic (exact) mass is 542 g/mol. The molecule has 0 radical (unpaired) electrons. The summed E-state index contributed by atoms with van der Waals surface area (Å²) in [6.45, 7) is 0. The van der Waals surface area contributed by atoms with Crippen molar-refractivity contribution in [3.05, 3.63) is 133 Å². The molecule has 0 N–H and O–H groups in total. The first-order chi connectivity index (χ1) is 19.8. The Morgan fingerprint density at radius 3 is 1.15 bits per heavy atom. The van der Waals surface area contributed by atoms with Crippen LogP contribution in [0.4, 0.5) is 0 Å². The molecule has 2 heterocycles. The molecule has 0 saturated heterocycles. The van der Waals surface area contributed by atoms with E-state index < -0.39 is 0 Å². The van der Waals surface area contributed by atoms with Gasteiger partial charge in [0, 0.05) is 30.9 Å². The quantitative estimate of drug-likeness (QED) is 0.204. The molecule has 0 spiro atoms. The largest absolute Gasteiger partial charge is 0.134 e. The van der Waals surface area contributed by atoms with Crippen molar-refractivity contribution in [2.24, 2.45) is 0 Å². The molecule has 0 fully saturated rings. The summed E-state index contributed by atoms with van der Waals surface area (Å²) < 4.78 is 5.50. The first-order valence-electron chi connectivity index (χ1n) is 13.6. The molecule has 0 bridgehead atoms. The Morgan fingerprint density at radius 1 is 0.300 bits per heavy atom. The van der Waals surface area contributed by atoms with Gasteiger partial charge in [0.05, 0.1) is 9.40 Å². The molecule has 0 amide bonds. The van der Waals surface area contributed by atoms with Gasteiger partial charge in [0.15, 0.2) is 0 Å². The summed E-state index contributed by atoms with van der Waals surface area (Å²) in [6, 6.07) is 49.3. The minimum atomic E-state index is 1.27. The Labute approximate surface area is 239 Å². The van der Waals surface area contributed by atoms with Crippen molar-refractivity contribution in [1.29, 1.82) is 0 Å². The Kier molecular flexibility index (Phi) is 4.74. The van der Waals surface area contributed by atoms with Crippen LogP contribution in [0.15, 0.2) is 133 Å². The van der Waals surface area contributed by atoms with Crippen LogP contribution in [0, 0.1) is 0 Å². The molecule has 0 unspecified atom stereocenters. The van der Waals surface area contributed by atoms with Crippen LogP contribution >= 0.6 is 22.7 Å². The number of hydrogen-bond donors (Lipinski definition) is 0. The number of thiophene rings is 2. The lowest BCUT2D eigenvalue weighted by molar-refractivity contribution is 1.69. The maximum Gasteiger partial charge on any atom is 0.0534 e. The molecule has 2 aromatic heterocycles. The predicted octanol–water partition coefficient (Wildman–Crippen LogP) is 12.1. The first kappa shape index (κ1) is 22.3. The van der Waals surface area contributed by atoms with Gasteiger partial charge in [-0.3, -0.25) is 0 Å². The van der Waals surface area contributed by atoms with E-state index in [9.17, 15) is 0 Å². The molecule has 0 atom stereocenters. The third-order valence-electron chi connectivity index (χ3n) is 8.25. The zero-order chi connectivity index (χ0) is 26.2. The fourth-order valence-electron chi connectivity index (χ4n) is 6.16. The lowest BCUT2D eigenvalue weighted by Crippen LogP contribution is -1.79. The van der Waals surface area contributed by atoms with Gasteiger partial charge in [0.25, 0.3) is 0 Å². The van der Waals surface area contributed by atoms with Crippen molar-refractivity contribution < 1.29 is 0 Å². The van der Waals surface area contributed by atoms with Crippen molar-refractivity contribution >= 4 is 84.6 Å². The lowest BCUT2D eigenvalue weighted by atomic mass is 9.99. The summed E-state index contributed by atoms with van der Waals surface area (Å²) in [5.41, 5.74) is 5.09. The average molecular weight is 543 g/mol. The second-order valence-electron chi connectivity index (χ2n) is 10.6. The molecule has 0 saturated carbocycles. The van der Waals surface area contributed by atoms with Gasteiger partial charge in [-0.15, -0.1) is 22.7 Å². The van der Waals surface area contributed by atoms with Crippen molar-refractivity contribution in [3.8, 4) is 22.3 Å². The fourth-order valence-corrected chi connectivity index (χ4v) is 8.78. The summed E-state index contributed by atoms with van der Waals surface area (Å²) in [7, 11) is 0. The van der Waals surface area contributed by atoms with Crippen LogP contribution in [0.25, 0.3) is 84.1 Å². The van der Waals surface area contributed by atoms with Crippen LogP contribution < -0.4 is 0 Å². The van der Waals surface area contributed by atoms with Gasteiger partial charge in [0.1, 0.15) is 0 Å². The van der Waals surface area contributed by atoms with Crippen LogP contribution in [-0.4, -0.2) is 0 Å². The molecular weight excluding hydrogens is 521 g/mol. The van der Waals surface area contributed by atoms with Crippen LogP contribution in [-0.2, 0) is 0 Å². The van der Waals surface area contributed by atoms with Crippen LogP contribution in [0.2, 0.25) is 0 Å². The molecule has 9 rings (SSSR count). The summed E-state index contributed by atoms with van der Waals surface area (Å²) in [5.74, 6) is 0. The van der Waals surface area contributed by atoms with E-state index in [0.717, 1.165) is 0 Å². The second kappa shape index (κ2) is 8.50. The van der Waals surface area contributed by atoms with Crippen LogP contribution in [0.3, 0.4) is 0 Å². The van der Waals surface area contributed by atoms with Crippen LogP contribution in [0.1, 0.15) is 0 Å². The fraction of sp³-hybridized carbons (Fsp3) is 0. The van der Waals surface area contributed by atoms with Gasteiger partial charge < -0.3 is 0 Å². The van der Waals surface area contributed by atoms with E-state index in [2.05, 4.69) is 133 Å². The highest BCUT2D eigenvalue weighted by Crippen LogP contribution is 2.45. The lowest BCUT2D eigenvalue weighted by Gasteiger charge is -2.05. The van der Waals surface area contributed by atoms with Crippen molar-refractivity contribution in [3.63, 3.8) is 0 Å². The molecule has 40 heavy (non-hydrogen) atoms. The maximum atomic E-state index is 2.38. The number of benzene rings is 7. The number of fused-ring (bicyclic) bond motifs is 9. The standard InChI is InChI=1S/C38H22S2/c1-3-7-25-19-27(11-9-23(25)5-1)29-13-15-31-33-17-18-34-32-16-14-30(28-12-10-24-6-2-4-8-26(24)20-28)22-36(32)40-38(34)37(33)39-35(31)21-29/h1-22H. The highest BCUT2D eigenvalue weighted by atomic mass is 32.1. The maximum absolute atomic E-state index is 2.38. The minimum absolute atomic E-state index is 1.27. The molecule has 186 valence electrons. The van der Waals surface area contributed by atoms with E-state index in [4.69, 9.17) is 0 Å². The van der Waals surface area contributed by atoms with Gasteiger partial charge >= 0.3 is 0 Å². The molecule has 2 heteroatoms. The van der Waals surface area contributed by atoms with Gasteiger partial charge in [-0.2, -0.15) is 0 Å². The van der Waals surface area contributed by atoms with Crippen LogP contribution in [0.5, 0.6) is 0 Å². The summed E-state index contributed by atoms with van der Waals surface area (Å²) in [5, 5.41) is 10.5. The Hall–Kier alpha value is -4.50. The van der Waals surface area contributed by atoms with Crippen molar-refractivity contribution in [2.75, 3.05) is 0 Å². The van der Waals surface area contributed by atoms with E-state index in [1.807, 2.05) is 22.7 Å². The Morgan fingerprint density at radius 2 is 0.675 bits per heavy atom. The summed E-state index contributed by atoms with van der Waals surface area (Å²) in [6.07, 6.45) is 0. The average Bonchev–Trinajstić information content (AvgIpc) is 3.58.